The van der Waals surface area contributed by atoms with Gasteiger partial charge >= 0.3 is 5.97 Å². The average Bonchev–Trinajstić information content (AvgIpc) is 2.63. The van der Waals surface area contributed by atoms with Crippen LogP contribution in [0.4, 0.5) is 23.5 Å². The third kappa shape index (κ3) is 4.54. The second-order valence-electron chi connectivity index (χ2n) is 5.58. The molecule has 0 bridgehead atoms. The van der Waals surface area contributed by atoms with Gasteiger partial charge in [-0.25, -0.2) is 0 Å². The van der Waals surface area contributed by atoms with E-state index in [1.807, 2.05) is 35.2 Å². The number of ether oxygens (including phenoxy) is 1. The SMILES string of the molecule is CC(Nc1nc(Nc2ccccc2)nc(N2CCOCC2)n1)C(=O)O. The van der Waals surface area contributed by atoms with Crippen molar-refractivity contribution in [2.75, 3.05) is 41.8 Å². The van der Waals surface area contributed by atoms with Crippen LogP contribution in [0.1, 0.15) is 6.92 Å². The summed E-state index contributed by atoms with van der Waals surface area (Å²) < 4.78 is 5.35. The van der Waals surface area contributed by atoms with Crippen molar-refractivity contribution in [3.63, 3.8) is 0 Å². The topological polar surface area (TPSA) is 113 Å². The zero-order valence-corrected chi connectivity index (χ0v) is 13.8. The number of nitrogens with zero attached hydrogens (tertiary/aromatic N) is 4. The summed E-state index contributed by atoms with van der Waals surface area (Å²) in [6, 6.07) is 8.69. The maximum atomic E-state index is 11.1. The minimum absolute atomic E-state index is 0.213. The van der Waals surface area contributed by atoms with Gasteiger partial charge in [0.1, 0.15) is 6.04 Å². The molecule has 3 rings (SSSR count). The van der Waals surface area contributed by atoms with Crippen molar-refractivity contribution >= 4 is 29.5 Å². The van der Waals surface area contributed by atoms with E-state index >= 15 is 0 Å². The number of anilines is 4. The predicted octanol–water partition coefficient (Wildman–Crippen LogP) is 1.34. The van der Waals surface area contributed by atoms with Gasteiger partial charge in [-0.05, 0) is 19.1 Å². The molecule has 0 aliphatic carbocycles. The monoisotopic (exact) mass is 344 g/mol. The summed E-state index contributed by atoms with van der Waals surface area (Å²) in [5.74, 6) is 0.0651. The fourth-order valence-corrected chi connectivity index (χ4v) is 2.30. The van der Waals surface area contributed by atoms with Gasteiger partial charge in [-0.15, -0.1) is 0 Å². The highest BCUT2D eigenvalue weighted by molar-refractivity contribution is 5.76. The molecule has 1 aromatic carbocycles. The Labute approximate surface area is 145 Å². The number of carboxylic acid groups (broad SMARTS) is 1. The van der Waals surface area contributed by atoms with Crippen LogP contribution in [-0.2, 0) is 9.53 Å². The summed E-state index contributed by atoms with van der Waals surface area (Å²) in [5.41, 5.74) is 0.832. The Morgan fingerprint density at radius 1 is 1.16 bits per heavy atom. The molecule has 0 radical (unpaired) electrons. The molecular weight excluding hydrogens is 324 g/mol. The van der Waals surface area contributed by atoms with Gasteiger partial charge in [0.15, 0.2) is 0 Å². The lowest BCUT2D eigenvalue weighted by atomic mass is 10.3. The quantitative estimate of drug-likeness (QED) is 0.714. The molecule has 0 amide bonds. The van der Waals surface area contributed by atoms with Gasteiger partial charge in [-0.2, -0.15) is 15.0 Å². The van der Waals surface area contributed by atoms with Crippen molar-refractivity contribution < 1.29 is 14.6 Å². The van der Waals surface area contributed by atoms with Gasteiger partial charge in [0, 0.05) is 18.8 Å². The lowest BCUT2D eigenvalue weighted by Gasteiger charge is -2.27. The van der Waals surface area contributed by atoms with Crippen molar-refractivity contribution in [3.05, 3.63) is 30.3 Å². The van der Waals surface area contributed by atoms with Gasteiger partial charge in [0.05, 0.1) is 13.2 Å². The predicted molar refractivity (Wildman–Crippen MR) is 93.3 cm³/mol. The number of carboxylic acids is 1. The molecule has 1 atom stereocenters. The van der Waals surface area contributed by atoms with E-state index in [1.165, 1.54) is 6.92 Å². The molecule has 2 heterocycles. The maximum absolute atomic E-state index is 11.1. The Morgan fingerprint density at radius 3 is 2.52 bits per heavy atom. The van der Waals surface area contributed by atoms with Crippen molar-refractivity contribution in [1.29, 1.82) is 0 Å². The Bertz CT molecular complexity index is 721. The molecule has 132 valence electrons. The number of para-hydroxylation sites is 1. The van der Waals surface area contributed by atoms with E-state index in [-0.39, 0.29) is 5.95 Å². The van der Waals surface area contributed by atoms with Crippen LogP contribution in [0.25, 0.3) is 0 Å². The first-order chi connectivity index (χ1) is 12.1. The zero-order chi connectivity index (χ0) is 17.6. The third-order valence-electron chi connectivity index (χ3n) is 3.66. The van der Waals surface area contributed by atoms with Crippen LogP contribution in [0.15, 0.2) is 30.3 Å². The Balaban J connectivity index is 1.88. The third-order valence-corrected chi connectivity index (χ3v) is 3.66. The second-order valence-corrected chi connectivity index (χ2v) is 5.58. The second kappa shape index (κ2) is 7.75. The van der Waals surface area contributed by atoms with Crippen LogP contribution in [-0.4, -0.2) is 58.4 Å². The molecule has 0 spiro atoms. The average molecular weight is 344 g/mol. The lowest BCUT2D eigenvalue weighted by Crippen LogP contribution is -2.38. The summed E-state index contributed by atoms with van der Waals surface area (Å²) in [4.78, 5) is 26.2. The number of aromatic nitrogens is 3. The number of aliphatic carboxylic acids is 1. The normalized spacial score (nSPS) is 15.5. The van der Waals surface area contributed by atoms with Gasteiger partial charge in [-0.1, -0.05) is 18.2 Å². The molecule has 2 aromatic rings. The van der Waals surface area contributed by atoms with E-state index in [0.717, 1.165) is 5.69 Å². The number of benzene rings is 1. The Morgan fingerprint density at radius 2 is 1.84 bits per heavy atom. The van der Waals surface area contributed by atoms with Crippen LogP contribution in [0.5, 0.6) is 0 Å². The summed E-state index contributed by atoms with van der Waals surface area (Å²) in [6.45, 7) is 4.07. The van der Waals surface area contributed by atoms with E-state index in [1.54, 1.807) is 0 Å². The minimum Gasteiger partial charge on any atom is -0.480 e. The molecule has 1 fully saturated rings. The smallest absolute Gasteiger partial charge is 0.325 e. The van der Waals surface area contributed by atoms with Crippen LogP contribution in [0.3, 0.4) is 0 Å². The maximum Gasteiger partial charge on any atom is 0.325 e. The van der Waals surface area contributed by atoms with E-state index in [9.17, 15) is 4.79 Å². The zero-order valence-electron chi connectivity index (χ0n) is 13.8. The summed E-state index contributed by atoms with van der Waals surface area (Å²) in [5, 5.41) is 15.0. The molecule has 1 saturated heterocycles. The fourth-order valence-electron chi connectivity index (χ4n) is 2.30. The highest BCUT2D eigenvalue weighted by Crippen LogP contribution is 2.18. The molecule has 0 saturated carbocycles. The van der Waals surface area contributed by atoms with Gasteiger partial charge < -0.3 is 25.4 Å². The summed E-state index contributed by atoms with van der Waals surface area (Å²) >= 11 is 0. The molecular formula is C16H20N6O3. The highest BCUT2D eigenvalue weighted by Gasteiger charge is 2.19. The molecule has 1 aromatic heterocycles. The highest BCUT2D eigenvalue weighted by atomic mass is 16.5. The fraction of sp³-hybridized carbons (Fsp3) is 0.375. The Hall–Kier alpha value is -2.94. The van der Waals surface area contributed by atoms with E-state index in [2.05, 4.69) is 25.6 Å². The summed E-state index contributed by atoms with van der Waals surface area (Å²) in [6.07, 6.45) is 0. The summed E-state index contributed by atoms with van der Waals surface area (Å²) in [7, 11) is 0. The van der Waals surface area contributed by atoms with Gasteiger partial charge in [-0.3, -0.25) is 4.79 Å². The Kier molecular flexibility index (Phi) is 5.24. The molecule has 3 N–H and O–H groups in total. The minimum atomic E-state index is -0.981. The van der Waals surface area contributed by atoms with Crippen LogP contribution in [0, 0.1) is 0 Å². The van der Waals surface area contributed by atoms with Gasteiger partial charge in [0.25, 0.3) is 0 Å². The van der Waals surface area contributed by atoms with Gasteiger partial charge in [0.2, 0.25) is 17.8 Å². The first kappa shape index (κ1) is 16.9. The van der Waals surface area contributed by atoms with Crippen molar-refractivity contribution in [3.8, 4) is 0 Å². The number of hydrogen-bond acceptors (Lipinski definition) is 8. The molecule has 1 unspecified atom stereocenters. The standard InChI is InChI=1S/C16H20N6O3/c1-11(13(23)24)17-14-19-15(18-12-5-3-2-4-6-12)21-16(20-14)22-7-9-25-10-8-22/h2-6,11H,7-10H2,1H3,(H,23,24)(H2,17,18,19,20,21). The van der Waals surface area contributed by atoms with Crippen molar-refractivity contribution in [2.24, 2.45) is 0 Å². The van der Waals surface area contributed by atoms with E-state index in [0.29, 0.717) is 38.2 Å². The molecule has 25 heavy (non-hydrogen) atoms. The molecule has 9 heteroatoms. The first-order valence-electron chi connectivity index (χ1n) is 8.02. The molecule has 1 aliphatic rings. The number of carbonyl (C=O) groups is 1. The number of rotatable bonds is 6. The van der Waals surface area contributed by atoms with Crippen LogP contribution >= 0.6 is 0 Å². The lowest BCUT2D eigenvalue weighted by molar-refractivity contribution is -0.137. The number of morpholine rings is 1. The largest absolute Gasteiger partial charge is 0.480 e. The van der Waals surface area contributed by atoms with Crippen LogP contribution < -0.4 is 15.5 Å². The van der Waals surface area contributed by atoms with E-state index < -0.39 is 12.0 Å². The molecule has 9 nitrogen and oxygen atoms in total. The van der Waals surface area contributed by atoms with Crippen LogP contribution in [0.2, 0.25) is 0 Å². The number of hydrogen-bond donors (Lipinski definition) is 3. The van der Waals surface area contributed by atoms with Crippen molar-refractivity contribution in [1.82, 2.24) is 15.0 Å². The molecule has 1 aliphatic heterocycles. The number of nitrogens with one attached hydrogen (secondary N) is 2. The van der Waals surface area contributed by atoms with E-state index in [4.69, 9.17) is 9.84 Å². The first-order valence-corrected chi connectivity index (χ1v) is 8.02. The van der Waals surface area contributed by atoms with Crippen molar-refractivity contribution in [2.45, 2.75) is 13.0 Å².